The number of pyridine rings is 1. The molecule has 1 fully saturated rings. The Morgan fingerprint density at radius 1 is 1.32 bits per heavy atom. The summed E-state index contributed by atoms with van der Waals surface area (Å²) in [5, 5.41) is 6.38. The van der Waals surface area contributed by atoms with E-state index in [0.717, 1.165) is 10.9 Å². The third kappa shape index (κ3) is 3.54. The number of hydrogen-bond acceptors (Lipinski definition) is 4. The molecule has 2 amide bonds. The van der Waals surface area contributed by atoms with Gasteiger partial charge in [-0.1, -0.05) is 18.2 Å². The Bertz CT molecular complexity index is 805. The monoisotopic (exact) mass is 319 g/mol. The fourth-order valence-electron chi connectivity index (χ4n) is 2.58. The summed E-state index contributed by atoms with van der Waals surface area (Å²) in [5.74, 6) is 0.380. The number of urea groups is 1. The van der Waals surface area contributed by atoms with Crippen molar-refractivity contribution in [3.8, 4) is 0 Å². The van der Waals surface area contributed by atoms with Crippen LogP contribution < -0.4 is 10.6 Å². The van der Waals surface area contributed by atoms with Gasteiger partial charge in [-0.05, 0) is 24.5 Å². The Morgan fingerprint density at radius 2 is 2.14 bits per heavy atom. The Morgan fingerprint density at radius 3 is 2.91 bits per heavy atom. The molecule has 0 unspecified atom stereocenters. The van der Waals surface area contributed by atoms with Gasteiger partial charge in [0.1, 0.15) is 0 Å². The van der Waals surface area contributed by atoms with Crippen LogP contribution in [0.25, 0.3) is 10.9 Å². The Hall–Kier alpha value is -2.15. The van der Waals surface area contributed by atoms with Gasteiger partial charge < -0.3 is 10.6 Å². The number of nitrogens with one attached hydrogen (secondary N) is 2. The molecule has 1 aromatic heterocycles. The highest BCUT2D eigenvalue weighted by Crippen LogP contribution is 2.18. The van der Waals surface area contributed by atoms with Gasteiger partial charge in [0.15, 0.2) is 9.84 Å². The minimum Gasteiger partial charge on any atom is -0.338 e. The molecule has 1 aromatic carbocycles. The molecule has 2 heterocycles. The van der Waals surface area contributed by atoms with Gasteiger partial charge in [-0.2, -0.15) is 0 Å². The smallest absolute Gasteiger partial charge is 0.319 e. The zero-order chi connectivity index (χ0) is 15.6. The van der Waals surface area contributed by atoms with E-state index >= 15 is 0 Å². The van der Waals surface area contributed by atoms with Crippen molar-refractivity contribution in [3.05, 3.63) is 36.5 Å². The van der Waals surface area contributed by atoms with Crippen LogP contribution in [0.1, 0.15) is 6.42 Å². The molecule has 0 spiro atoms. The number of carbonyl (C=O) groups excluding carboxylic acids is 1. The minimum atomic E-state index is -2.91. The van der Waals surface area contributed by atoms with Gasteiger partial charge in [0.2, 0.25) is 0 Å². The van der Waals surface area contributed by atoms with Crippen LogP contribution in [-0.4, -0.2) is 37.5 Å². The van der Waals surface area contributed by atoms with E-state index in [1.165, 1.54) is 0 Å². The molecule has 1 atom stereocenters. The molecule has 3 rings (SSSR count). The second-order valence-corrected chi connectivity index (χ2v) is 7.75. The molecule has 0 saturated carbocycles. The highest BCUT2D eigenvalue weighted by molar-refractivity contribution is 7.91. The van der Waals surface area contributed by atoms with Gasteiger partial charge in [0, 0.05) is 11.9 Å². The number of sulfone groups is 1. The molecule has 2 aromatic rings. The van der Waals surface area contributed by atoms with Crippen LogP contribution >= 0.6 is 0 Å². The average molecular weight is 319 g/mol. The fraction of sp³-hybridized carbons (Fsp3) is 0.333. The maximum atomic E-state index is 11.9. The molecule has 1 aliphatic heterocycles. The van der Waals surface area contributed by atoms with Crippen LogP contribution in [0.2, 0.25) is 0 Å². The first kappa shape index (κ1) is 14.8. The summed E-state index contributed by atoms with van der Waals surface area (Å²) in [6, 6.07) is 9.15. The number of carbonyl (C=O) groups is 1. The molecule has 1 aliphatic rings. The van der Waals surface area contributed by atoms with Gasteiger partial charge in [0.05, 0.1) is 28.9 Å². The zero-order valence-corrected chi connectivity index (χ0v) is 12.8. The molecule has 0 aliphatic carbocycles. The third-order valence-electron chi connectivity index (χ3n) is 3.73. The molecule has 22 heavy (non-hydrogen) atoms. The molecule has 0 bridgehead atoms. The standard InChI is InChI=1S/C15H17N3O3S/c19-15(17-8-11-5-6-22(20,21)10-11)18-13-7-12-3-1-2-4-14(12)16-9-13/h1-4,7,9,11H,5-6,8,10H2,(H2,17,18,19)/t11-/m1/s1. The molecule has 6 nitrogen and oxygen atoms in total. The van der Waals surface area contributed by atoms with E-state index in [1.807, 2.05) is 30.3 Å². The van der Waals surface area contributed by atoms with Gasteiger partial charge in [-0.15, -0.1) is 0 Å². The van der Waals surface area contributed by atoms with Crippen molar-refractivity contribution in [2.24, 2.45) is 5.92 Å². The highest BCUT2D eigenvalue weighted by Gasteiger charge is 2.27. The number of fused-ring (bicyclic) bond motifs is 1. The number of hydrogen-bond donors (Lipinski definition) is 2. The number of nitrogens with zero attached hydrogens (tertiary/aromatic N) is 1. The van der Waals surface area contributed by atoms with Crippen molar-refractivity contribution in [2.45, 2.75) is 6.42 Å². The first-order valence-electron chi connectivity index (χ1n) is 7.12. The maximum absolute atomic E-state index is 11.9. The van der Waals surface area contributed by atoms with Gasteiger partial charge >= 0.3 is 6.03 Å². The number of aromatic nitrogens is 1. The molecular formula is C15H17N3O3S. The maximum Gasteiger partial charge on any atom is 0.319 e. The number of amides is 2. The van der Waals surface area contributed by atoms with Crippen LogP contribution in [0.3, 0.4) is 0 Å². The molecule has 2 N–H and O–H groups in total. The third-order valence-corrected chi connectivity index (χ3v) is 5.56. The average Bonchev–Trinajstić information content (AvgIpc) is 2.84. The summed E-state index contributed by atoms with van der Waals surface area (Å²) in [7, 11) is -2.91. The lowest BCUT2D eigenvalue weighted by Crippen LogP contribution is -2.33. The fourth-order valence-corrected chi connectivity index (χ4v) is 4.45. The minimum absolute atomic E-state index is 0.00507. The van der Waals surface area contributed by atoms with E-state index in [1.54, 1.807) is 6.20 Å². The second-order valence-electron chi connectivity index (χ2n) is 5.52. The Balaban J connectivity index is 1.56. The quantitative estimate of drug-likeness (QED) is 0.903. The first-order chi connectivity index (χ1) is 10.5. The molecule has 1 saturated heterocycles. The van der Waals surface area contributed by atoms with E-state index in [-0.39, 0.29) is 23.5 Å². The topological polar surface area (TPSA) is 88.2 Å². The van der Waals surface area contributed by atoms with E-state index in [9.17, 15) is 13.2 Å². The summed E-state index contributed by atoms with van der Waals surface area (Å²) in [4.78, 5) is 16.1. The van der Waals surface area contributed by atoms with Crippen LogP contribution in [-0.2, 0) is 9.84 Å². The van der Waals surface area contributed by atoms with E-state index < -0.39 is 9.84 Å². The SMILES string of the molecule is O=C(NC[C@H]1CCS(=O)(=O)C1)Nc1cnc2ccccc2c1. The van der Waals surface area contributed by atoms with Gasteiger partial charge in [-0.3, -0.25) is 4.98 Å². The number of anilines is 1. The van der Waals surface area contributed by atoms with Crippen LogP contribution in [0.15, 0.2) is 36.5 Å². The van der Waals surface area contributed by atoms with Gasteiger partial charge in [0.25, 0.3) is 0 Å². The van der Waals surface area contributed by atoms with Crippen LogP contribution in [0.4, 0.5) is 10.5 Å². The summed E-state index contributed by atoms with van der Waals surface area (Å²) in [6.07, 6.45) is 2.21. The summed E-state index contributed by atoms with van der Waals surface area (Å²) in [6.45, 7) is 0.367. The van der Waals surface area contributed by atoms with Gasteiger partial charge in [-0.25, -0.2) is 13.2 Å². The largest absolute Gasteiger partial charge is 0.338 e. The summed E-state index contributed by atoms with van der Waals surface area (Å²) < 4.78 is 22.7. The lowest BCUT2D eigenvalue weighted by molar-refractivity contribution is 0.250. The number of benzene rings is 1. The lowest BCUT2D eigenvalue weighted by Gasteiger charge is -2.11. The number of para-hydroxylation sites is 1. The van der Waals surface area contributed by atoms with Crippen LogP contribution in [0, 0.1) is 5.92 Å². The van der Waals surface area contributed by atoms with Crippen molar-refractivity contribution in [2.75, 3.05) is 23.4 Å². The molecule has 0 radical (unpaired) electrons. The summed E-state index contributed by atoms with van der Waals surface area (Å²) in [5.41, 5.74) is 1.47. The van der Waals surface area contributed by atoms with Crippen LogP contribution in [0.5, 0.6) is 0 Å². The van der Waals surface area contributed by atoms with Crippen molar-refractivity contribution in [1.82, 2.24) is 10.3 Å². The van der Waals surface area contributed by atoms with Crippen molar-refractivity contribution in [1.29, 1.82) is 0 Å². The second kappa shape index (κ2) is 5.92. The van der Waals surface area contributed by atoms with Crippen molar-refractivity contribution in [3.63, 3.8) is 0 Å². The van der Waals surface area contributed by atoms with E-state index in [2.05, 4.69) is 15.6 Å². The highest BCUT2D eigenvalue weighted by atomic mass is 32.2. The zero-order valence-electron chi connectivity index (χ0n) is 12.0. The normalized spacial score (nSPS) is 19.9. The summed E-state index contributed by atoms with van der Waals surface area (Å²) >= 11 is 0. The molecular weight excluding hydrogens is 302 g/mol. The number of rotatable bonds is 3. The Kier molecular flexibility index (Phi) is 3.98. The predicted octanol–water partition coefficient (Wildman–Crippen LogP) is 1.79. The van der Waals surface area contributed by atoms with Crippen molar-refractivity contribution < 1.29 is 13.2 Å². The molecule has 116 valence electrons. The predicted molar refractivity (Wildman–Crippen MR) is 85.5 cm³/mol. The molecule has 7 heteroatoms. The lowest BCUT2D eigenvalue weighted by atomic mass is 10.1. The first-order valence-corrected chi connectivity index (χ1v) is 8.94. The van der Waals surface area contributed by atoms with E-state index in [0.29, 0.717) is 18.7 Å². The van der Waals surface area contributed by atoms with E-state index in [4.69, 9.17) is 0 Å². The Labute approximate surface area is 128 Å². The van der Waals surface area contributed by atoms with Crippen molar-refractivity contribution >= 4 is 32.5 Å².